The first kappa shape index (κ1) is 23.8. The van der Waals surface area contributed by atoms with Crippen LogP contribution in [0.15, 0.2) is 30.3 Å². The van der Waals surface area contributed by atoms with Crippen LogP contribution in [-0.4, -0.2) is 64.2 Å². The molecule has 1 aromatic carbocycles. The highest BCUT2D eigenvalue weighted by molar-refractivity contribution is 5.92. The molecule has 0 aliphatic carbocycles. The number of carboxylic acid groups (broad SMARTS) is 1. The second-order valence-electron chi connectivity index (χ2n) is 8.74. The lowest BCUT2D eigenvalue weighted by molar-refractivity contribution is -0.149. The quantitative estimate of drug-likeness (QED) is 0.584. The number of nitrogens with zero attached hydrogens (tertiary/aromatic N) is 1. The lowest BCUT2D eigenvalue weighted by atomic mass is 10.0. The Morgan fingerprint density at radius 1 is 1.27 bits per heavy atom. The Morgan fingerprint density at radius 3 is 2.47 bits per heavy atom. The molecule has 1 heterocycles. The standard InChI is InChI=1S/C22H33N3O5/c1-14(30-22(2,3)4)18(23)19(26)24-16(13-15-9-6-5-7-10-15)20(27)25-12-8-11-17(25)21(28)29/h5-7,9-10,14,16-18H,8,11-13,23H2,1-4H3,(H,24,26)(H,28,29)/t14-,16+,17+,18+/m1/s1. The van der Waals surface area contributed by atoms with Crippen LogP contribution in [0.3, 0.4) is 0 Å². The van der Waals surface area contributed by atoms with E-state index in [0.717, 1.165) is 5.56 Å². The van der Waals surface area contributed by atoms with Gasteiger partial charge < -0.3 is 25.8 Å². The fourth-order valence-corrected chi connectivity index (χ4v) is 3.65. The van der Waals surface area contributed by atoms with E-state index < -0.39 is 47.6 Å². The van der Waals surface area contributed by atoms with E-state index in [1.54, 1.807) is 6.92 Å². The third kappa shape index (κ3) is 6.53. The number of hydrogen-bond donors (Lipinski definition) is 3. The van der Waals surface area contributed by atoms with Crippen LogP contribution in [0.25, 0.3) is 0 Å². The fourth-order valence-electron chi connectivity index (χ4n) is 3.65. The molecular weight excluding hydrogens is 386 g/mol. The van der Waals surface area contributed by atoms with Gasteiger partial charge in [0.1, 0.15) is 18.1 Å². The van der Waals surface area contributed by atoms with Crippen LogP contribution < -0.4 is 11.1 Å². The van der Waals surface area contributed by atoms with Gasteiger partial charge in [-0.2, -0.15) is 0 Å². The molecule has 4 atom stereocenters. The molecule has 166 valence electrons. The van der Waals surface area contributed by atoms with E-state index in [4.69, 9.17) is 10.5 Å². The molecular formula is C22H33N3O5. The van der Waals surface area contributed by atoms with E-state index in [2.05, 4.69) is 5.32 Å². The van der Waals surface area contributed by atoms with Crippen molar-refractivity contribution in [3.63, 3.8) is 0 Å². The molecule has 1 aromatic rings. The largest absolute Gasteiger partial charge is 0.480 e. The Bertz CT molecular complexity index is 747. The number of hydrogen-bond acceptors (Lipinski definition) is 5. The molecule has 0 aromatic heterocycles. The van der Waals surface area contributed by atoms with Crippen molar-refractivity contribution in [3.05, 3.63) is 35.9 Å². The Hall–Kier alpha value is -2.45. The Kier molecular flexibility index (Phi) is 7.97. The zero-order chi connectivity index (χ0) is 22.5. The van der Waals surface area contributed by atoms with Crippen LogP contribution in [0.1, 0.15) is 46.1 Å². The van der Waals surface area contributed by atoms with Crippen molar-refractivity contribution < 1.29 is 24.2 Å². The minimum Gasteiger partial charge on any atom is -0.480 e. The molecule has 8 nitrogen and oxygen atoms in total. The molecule has 1 aliphatic rings. The highest BCUT2D eigenvalue weighted by Gasteiger charge is 2.38. The maximum Gasteiger partial charge on any atom is 0.326 e. The molecule has 1 aliphatic heterocycles. The summed E-state index contributed by atoms with van der Waals surface area (Å²) in [4.78, 5) is 38.9. The fraction of sp³-hybridized carbons (Fsp3) is 0.591. The summed E-state index contributed by atoms with van der Waals surface area (Å²) < 4.78 is 5.77. The normalized spacial score (nSPS) is 19.8. The molecule has 2 amide bonds. The Labute approximate surface area is 177 Å². The summed E-state index contributed by atoms with van der Waals surface area (Å²) in [6, 6.07) is 6.52. The molecule has 30 heavy (non-hydrogen) atoms. The van der Waals surface area contributed by atoms with Gasteiger partial charge in [-0.25, -0.2) is 4.79 Å². The van der Waals surface area contributed by atoms with Crippen LogP contribution in [0.2, 0.25) is 0 Å². The molecule has 0 radical (unpaired) electrons. The molecule has 8 heteroatoms. The maximum absolute atomic E-state index is 13.2. The first-order chi connectivity index (χ1) is 14.0. The molecule has 0 bridgehead atoms. The number of carbonyl (C=O) groups excluding carboxylic acids is 2. The molecule has 0 saturated carbocycles. The van der Waals surface area contributed by atoms with E-state index in [0.29, 0.717) is 19.4 Å². The summed E-state index contributed by atoms with van der Waals surface area (Å²) in [7, 11) is 0. The van der Waals surface area contributed by atoms with Crippen molar-refractivity contribution in [1.29, 1.82) is 0 Å². The highest BCUT2D eigenvalue weighted by Crippen LogP contribution is 2.20. The van der Waals surface area contributed by atoms with E-state index >= 15 is 0 Å². The van der Waals surface area contributed by atoms with Gasteiger partial charge in [0.15, 0.2) is 0 Å². The first-order valence-electron chi connectivity index (χ1n) is 10.3. The zero-order valence-electron chi connectivity index (χ0n) is 18.1. The summed E-state index contributed by atoms with van der Waals surface area (Å²) in [6.45, 7) is 7.68. The van der Waals surface area contributed by atoms with E-state index in [1.165, 1.54) is 4.90 Å². The third-order valence-corrected chi connectivity index (χ3v) is 5.07. The second kappa shape index (κ2) is 10.0. The number of rotatable bonds is 8. The second-order valence-corrected chi connectivity index (χ2v) is 8.74. The van der Waals surface area contributed by atoms with Crippen LogP contribution in [0.5, 0.6) is 0 Å². The van der Waals surface area contributed by atoms with Gasteiger partial charge in [-0.1, -0.05) is 30.3 Å². The van der Waals surface area contributed by atoms with Crippen molar-refractivity contribution in [2.24, 2.45) is 5.73 Å². The maximum atomic E-state index is 13.2. The highest BCUT2D eigenvalue weighted by atomic mass is 16.5. The minimum atomic E-state index is -1.03. The van der Waals surface area contributed by atoms with E-state index in [1.807, 2.05) is 51.1 Å². The van der Waals surface area contributed by atoms with Crippen molar-refractivity contribution in [2.75, 3.05) is 6.54 Å². The molecule has 2 rings (SSSR count). The number of aliphatic carboxylic acids is 1. The first-order valence-corrected chi connectivity index (χ1v) is 10.3. The number of carbonyl (C=O) groups is 3. The van der Waals surface area contributed by atoms with E-state index in [9.17, 15) is 19.5 Å². The number of amides is 2. The average Bonchev–Trinajstić information content (AvgIpc) is 3.15. The third-order valence-electron chi connectivity index (χ3n) is 5.07. The average molecular weight is 420 g/mol. The number of benzene rings is 1. The van der Waals surface area contributed by atoms with Crippen molar-refractivity contribution >= 4 is 17.8 Å². The van der Waals surface area contributed by atoms with Crippen molar-refractivity contribution in [1.82, 2.24) is 10.2 Å². The summed E-state index contributed by atoms with van der Waals surface area (Å²) in [6.07, 6.45) is 0.708. The van der Waals surface area contributed by atoms with Crippen LogP contribution in [0.4, 0.5) is 0 Å². The van der Waals surface area contributed by atoms with Gasteiger partial charge in [0.2, 0.25) is 11.8 Å². The van der Waals surface area contributed by atoms with Gasteiger partial charge in [-0.05, 0) is 46.1 Å². The molecule has 1 saturated heterocycles. The molecule has 1 fully saturated rings. The number of ether oxygens (including phenoxy) is 1. The number of likely N-dealkylation sites (tertiary alicyclic amines) is 1. The summed E-state index contributed by atoms with van der Waals surface area (Å²) in [5.74, 6) is -1.95. The smallest absolute Gasteiger partial charge is 0.326 e. The van der Waals surface area contributed by atoms with Crippen LogP contribution in [0, 0.1) is 0 Å². The molecule has 4 N–H and O–H groups in total. The van der Waals surface area contributed by atoms with Crippen LogP contribution in [-0.2, 0) is 25.5 Å². The number of carboxylic acids is 1. The lowest BCUT2D eigenvalue weighted by Crippen LogP contribution is -2.57. The summed E-state index contributed by atoms with van der Waals surface area (Å²) in [5, 5.41) is 12.2. The number of nitrogens with one attached hydrogen (secondary N) is 1. The SMILES string of the molecule is C[C@@H](OC(C)(C)C)[C@H](N)C(=O)N[C@@H](Cc1ccccc1)C(=O)N1CCC[C@H]1C(=O)O. The molecule has 0 spiro atoms. The van der Waals surface area contributed by atoms with Crippen molar-refractivity contribution in [3.8, 4) is 0 Å². The van der Waals surface area contributed by atoms with Gasteiger partial charge in [-0.15, -0.1) is 0 Å². The van der Waals surface area contributed by atoms with Gasteiger partial charge in [0, 0.05) is 13.0 Å². The predicted molar refractivity (Wildman–Crippen MR) is 113 cm³/mol. The Morgan fingerprint density at radius 2 is 1.90 bits per heavy atom. The van der Waals surface area contributed by atoms with Crippen molar-refractivity contribution in [2.45, 2.75) is 76.8 Å². The van der Waals surface area contributed by atoms with Gasteiger partial charge in [0.05, 0.1) is 11.7 Å². The zero-order valence-corrected chi connectivity index (χ0v) is 18.1. The van der Waals surface area contributed by atoms with Gasteiger partial charge in [0.25, 0.3) is 0 Å². The van der Waals surface area contributed by atoms with Crippen LogP contribution >= 0.6 is 0 Å². The monoisotopic (exact) mass is 419 g/mol. The number of nitrogens with two attached hydrogens (primary N) is 1. The Balaban J connectivity index is 2.18. The minimum absolute atomic E-state index is 0.246. The summed E-state index contributed by atoms with van der Waals surface area (Å²) >= 11 is 0. The van der Waals surface area contributed by atoms with E-state index in [-0.39, 0.29) is 6.42 Å². The van der Waals surface area contributed by atoms with Gasteiger partial charge in [-0.3, -0.25) is 9.59 Å². The van der Waals surface area contributed by atoms with Gasteiger partial charge >= 0.3 is 5.97 Å². The predicted octanol–water partition coefficient (Wildman–Crippen LogP) is 1.32. The lowest BCUT2D eigenvalue weighted by Gasteiger charge is -2.31. The summed E-state index contributed by atoms with van der Waals surface area (Å²) in [5.41, 5.74) is 6.47. The topological polar surface area (TPSA) is 122 Å². The molecule has 0 unspecified atom stereocenters.